The first-order chi connectivity index (χ1) is 16.6. The zero-order valence-corrected chi connectivity index (χ0v) is 19.3. The molecule has 1 aromatic heterocycles. The van der Waals surface area contributed by atoms with Gasteiger partial charge in [0.1, 0.15) is 23.9 Å². The first-order valence-electron chi connectivity index (χ1n) is 9.95. The number of rotatable bonds is 6. The highest BCUT2D eigenvalue weighted by molar-refractivity contribution is 6.37. The first kappa shape index (κ1) is 24.8. The molecule has 1 heterocycles. The predicted octanol–water partition coefficient (Wildman–Crippen LogP) is 7.73. The van der Waals surface area contributed by atoms with Crippen LogP contribution in [-0.2, 0) is 12.8 Å². The molecule has 11 heteroatoms. The first-order valence-corrected chi connectivity index (χ1v) is 10.7. The number of benzene rings is 3. The Balaban J connectivity index is 1.63. The summed E-state index contributed by atoms with van der Waals surface area (Å²) in [6.07, 6.45) is -4.70. The number of para-hydroxylation sites is 1. The molecule has 0 spiro atoms. The van der Waals surface area contributed by atoms with Crippen LogP contribution in [-0.4, -0.2) is 16.9 Å². The molecular weight excluding hydrogens is 514 g/mol. The van der Waals surface area contributed by atoms with Crippen molar-refractivity contribution in [2.24, 2.45) is 0 Å². The van der Waals surface area contributed by atoms with Crippen LogP contribution in [0.5, 0.6) is 11.5 Å². The second-order valence-electron chi connectivity index (χ2n) is 7.28. The molecule has 0 atom stereocenters. The Morgan fingerprint density at radius 1 is 0.943 bits per heavy atom. The lowest BCUT2D eigenvalue weighted by Crippen LogP contribution is -2.09. The minimum atomic E-state index is -4.70. The van der Waals surface area contributed by atoms with Crippen molar-refractivity contribution >= 4 is 23.2 Å². The Labute approximate surface area is 206 Å². The highest BCUT2D eigenvalue weighted by Crippen LogP contribution is 2.36. The number of hydrogen-bond acceptors (Lipinski definition) is 3. The van der Waals surface area contributed by atoms with Gasteiger partial charge in [-0.3, -0.25) is 0 Å². The topological polar surface area (TPSA) is 36.3 Å². The van der Waals surface area contributed by atoms with Crippen molar-refractivity contribution < 1.29 is 31.4 Å². The molecule has 3 aromatic carbocycles. The largest absolute Gasteiger partial charge is 0.493 e. The summed E-state index contributed by atoms with van der Waals surface area (Å²) < 4.78 is 79.4. The molecule has 0 saturated carbocycles. The lowest BCUT2D eigenvalue weighted by atomic mass is 10.0. The summed E-state index contributed by atoms with van der Waals surface area (Å²) in [5.74, 6) is -1.46. The van der Waals surface area contributed by atoms with Gasteiger partial charge in [-0.2, -0.15) is 18.3 Å². The Hall–Kier alpha value is -3.30. The van der Waals surface area contributed by atoms with E-state index in [4.69, 9.17) is 32.7 Å². The minimum absolute atomic E-state index is 0.0465. The lowest BCUT2D eigenvalue weighted by molar-refractivity contribution is -0.141. The van der Waals surface area contributed by atoms with Crippen LogP contribution in [0.15, 0.2) is 60.7 Å². The van der Waals surface area contributed by atoms with Crippen LogP contribution in [0.4, 0.5) is 22.0 Å². The van der Waals surface area contributed by atoms with Crippen molar-refractivity contribution in [2.45, 2.75) is 12.8 Å². The van der Waals surface area contributed by atoms with Gasteiger partial charge in [0.2, 0.25) is 0 Å². The van der Waals surface area contributed by atoms with Crippen molar-refractivity contribution in [1.82, 2.24) is 9.78 Å². The van der Waals surface area contributed by atoms with E-state index in [0.717, 1.165) is 16.8 Å². The van der Waals surface area contributed by atoms with E-state index in [1.54, 1.807) is 6.07 Å². The van der Waals surface area contributed by atoms with Gasteiger partial charge >= 0.3 is 6.18 Å². The summed E-state index contributed by atoms with van der Waals surface area (Å²) in [5.41, 5.74) is -0.369. The van der Waals surface area contributed by atoms with Gasteiger partial charge in [0, 0.05) is 11.6 Å². The summed E-state index contributed by atoms with van der Waals surface area (Å²) in [5, 5.41) is 3.85. The van der Waals surface area contributed by atoms with Crippen LogP contribution in [0.25, 0.3) is 16.8 Å². The van der Waals surface area contributed by atoms with Crippen molar-refractivity contribution in [3.05, 3.63) is 93.7 Å². The van der Waals surface area contributed by atoms with Crippen molar-refractivity contribution in [3.63, 3.8) is 0 Å². The molecule has 0 fully saturated rings. The Morgan fingerprint density at radius 3 is 2.20 bits per heavy atom. The number of aromatic nitrogens is 2. The molecular formula is C24H15Cl2F5N2O2. The van der Waals surface area contributed by atoms with E-state index in [2.05, 4.69) is 5.10 Å². The fourth-order valence-electron chi connectivity index (χ4n) is 3.42. The van der Waals surface area contributed by atoms with Gasteiger partial charge in [-0.05, 0) is 42.0 Å². The van der Waals surface area contributed by atoms with Crippen molar-refractivity contribution in [3.8, 4) is 28.3 Å². The second-order valence-corrected chi connectivity index (χ2v) is 8.10. The van der Waals surface area contributed by atoms with Crippen LogP contribution in [0.3, 0.4) is 0 Å². The van der Waals surface area contributed by atoms with Crippen LogP contribution in [0.1, 0.15) is 11.4 Å². The average molecular weight is 529 g/mol. The minimum Gasteiger partial charge on any atom is -0.493 e. The summed E-state index contributed by atoms with van der Waals surface area (Å²) >= 11 is 12.3. The summed E-state index contributed by atoms with van der Waals surface area (Å²) in [6, 6.07) is 13.3. The van der Waals surface area contributed by atoms with E-state index in [1.807, 2.05) is 0 Å². The molecule has 35 heavy (non-hydrogen) atoms. The molecule has 0 aliphatic rings. The van der Waals surface area contributed by atoms with Crippen LogP contribution < -0.4 is 9.47 Å². The number of alkyl halides is 3. The molecule has 0 saturated heterocycles. The quantitative estimate of drug-likeness (QED) is 0.240. The molecule has 4 aromatic rings. The Kier molecular flexibility index (Phi) is 6.91. The zero-order valence-electron chi connectivity index (χ0n) is 17.8. The summed E-state index contributed by atoms with van der Waals surface area (Å²) in [6.45, 7) is -0.304. The third-order valence-corrected chi connectivity index (χ3v) is 5.60. The number of methoxy groups -OCH3 is 1. The molecule has 0 N–H and O–H groups in total. The molecule has 0 bridgehead atoms. The average Bonchev–Trinajstić information content (AvgIpc) is 3.22. The Morgan fingerprint density at radius 2 is 1.60 bits per heavy atom. The van der Waals surface area contributed by atoms with Gasteiger partial charge in [-0.25, -0.2) is 13.5 Å². The number of nitrogens with zero attached hydrogens (tertiary/aromatic N) is 2. The number of ether oxygens (including phenoxy) is 2. The fraction of sp³-hybridized carbons (Fsp3) is 0.125. The van der Waals surface area contributed by atoms with E-state index in [-0.39, 0.29) is 45.1 Å². The highest BCUT2D eigenvalue weighted by Gasteiger charge is 2.35. The van der Waals surface area contributed by atoms with Gasteiger partial charge in [0.25, 0.3) is 0 Å². The maximum atomic E-state index is 14.0. The van der Waals surface area contributed by atoms with E-state index in [1.165, 1.54) is 43.5 Å². The molecule has 4 rings (SSSR count). The van der Waals surface area contributed by atoms with Crippen LogP contribution in [0.2, 0.25) is 10.0 Å². The second kappa shape index (κ2) is 9.75. The normalized spacial score (nSPS) is 11.5. The molecule has 0 aliphatic heterocycles. The molecule has 4 nitrogen and oxygen atoms in total. The number of hydrogen-bond donors (Lipinski definition) is 0. The van der Waals surface area contributed by atoms with E-state index < -0.39 is 23.5 Å². The third kappa shape index (κ3) is 5.21. The lowest BCUT2D eigenvalue weighted by Gasteiger charge is -2.13. The molecule has 0 unspecified atom stereocenters. The van der Waals surface area contributed by atoms with E-state index >= 15 is 0 Å². The van der Waals surface area contributed by atoms with Gasteiger partial charge in [0.15, 0.2) is 17.3 Å². The molecule has 0 amide bonds. The SMILES string of the molecule is COc1c(F)cc(F)cc1-c1ccc(OCc2cc(C(F)(F)F)nn2-c2c(Cl)cccc2Cl)cc1. The summed E-state index contributed by atoms with van der Waals surface area (Å²) in [7, 11) is 1.26. The maximum absolute atomic E-state index is 14.0. The molecule has 0 aliphatic carbocycles. The number of halogens is 7. The third-order valence-electron chi connectivity index (χ3n) is 4.99. The van der Waals surface area contributed by atoms with Gasteiger partial charge < -0.3 is 9.47 Å². The summed E-state index contributed by atoms with van der Waals surface area (Å²) in [4.78, 5) is 0. The standard InChI is InChI=1S/C24H15Cl2F5N2O2/c1-34-23-17(9-14(27)10-20(23)28)13-5-7-16(8-6-13)35-12-15-11-21(24(29,30)31)32-33(15)22-18(25)3-2-4-19(22)26/h2-11H,12H2,1H3. The molecule has 182 valence electrons. The Bertz CT molecular complexity index is 1350. The van der Waals surface area contributed by atoms with Crippen molar-refractivity contribution in [2.75, 3.05) is 7.11 Å². The van der Waals surface area contributed by atoms with Crippen LogP contribution in [0, 0.1) is 11.6 Å². The van der Waals surface area contributed by atoms with E-state index in [9.17, 15) is 22.0 Å². The predicted molar refractivity (Wildman–Crippen MR) is 121 cm³/mol. The molecule has 0 radical (unpaired) electrons. The van der Waals surface area contributed by atoms with E-state index in [0.29, 0.717) is 11.6 Å². The van der Waals surface area contributed by atoms with Gasteiger partial charge in [-0.1, -0.05) is 41.4 Å². The smallest absolute Gasteiger partial charge is 0.435 e. The van der Waals surface area contributed by atoms with Gasteiger partial charge in [0.05, 0.1) is 22.8 Å². The fourth-order valence-corrected chi connectivity index (χ4v) is 3.97. The van der Waals surface area contributed by atoms with Gasteiger partial charge in [-0.15, -0.1) is 0 Å². The van der Waals surface area contributed by atoms with Crippen molar-refractivity contribution in [1.29, 1.82) is 0 Å². The highest BCUT2D eigenvalue weighted by atomic mass is 35.5. The monoisotopic (exact) mass is 528 g/mol. The zero-order chi connectivity index (χ0) is 25.3. The van der Waals surface area contributed by atoms with Crippen LogP contribution >= 0.6 is 23.2 Å². The maximum Gasteiger partial charge on any atom is 0.435 e.